The van der Waals surface area contributed by atoms with Gasteiger partial charge in [0.05, 0.1) is 12.4 Å². The van der Waals surface area contributed by atoms with Gasteiger partial charge in [-0.1, -0.05) is 29.8 Å². The molecule has 1 atom stereocenters. The van der Waals surface area contributed by atoms with E-state index in [0.717, 1.165) is 4.31 Å². The van der Waals surface area contributed by atoms with Crippen LogP contribution in [0.25, 0.3) is 0 Å². The number of sulfonamides is 1. The molecule has 1 N–H and O–H groups in total. The summed E-state index contributed by atoms with van der Waals surface area (Å²) in [6, 6.07) is 6.04. The van der Waals surface area contributed by atoms with Crippen molar-refractivity contribution in [1.29, 1.82) is 0 Å². The summed E-state index contributed by atoms with van der Waals surface area (Å²) in [6.45, 7) is 1.68. The molecule has 0 bridgehead atoms. The lowest BCUT2D eigenvalue weighted by atomic mass is 10.1. The highest BCUT2D eigenvalue weighted by atomic mass is 35.5. The van der Waals surface area contributed by atoms with E-state index in [1.807, 2.05) is 0 Å². The van der Waals surface area contributed by atoms with Crippen molar-refractivity contribution in [3.63, 3.8) is 0 Å². The smallest absolute Gasteiger partial charge is 0.263 e. The third-order valence-electron chi connectivity index (χ3n) is 3.39. The number of hydrogen-bond donors (Lipinski definition) is 1. The van der Waals surface area contributed by atoms with Gasteiger partial charge in [-0.3, -0.25) is 0 Å². The zero-order valence-corrected chi connectivity index (χ0v) is 13.4. The molecule has 0 amide bonds. The van der Waals surface area contributed by atoms with Gasteiger partial charge >= 0.3 is 0 Å². The van der Waals surface area contributed by atoms with Crippen LogP contribution in [0.1, 0.15) is 18.5 Å². The van der Waals surface area contributed by atoms with E-state index in [1.54, 1.807) is 32.2 Å². The van der Waals surface area contributed by atoms with Crippen LogP contribution in [0, 0.1) is 0 Å². The Morgan fingerprint density at radius 2 is 2.00 bits per heavy atom. The van der Waals surface area contributed by atoms with E-state index in [0.29, 0.717) is 5.56 Å². The van der Waals surface area contributed by atoms with E-state index < -0.39 is 16.1 Å². The van der Waals surface area contributed by atoms with Gasteiger partial charge < -0.3 is 9.67 Å². The van der Waals surface area contributed by atoms with Crippen LogP contribution in [0.2, 0.25) is 5.15 Å². The van der Waals surface area contributed by atoms with Gasteiger partial charge in [-0.15, -0.1) is 0 Å². The highest BCUT2D eigenvalue weighted by Crippen LogP contribution is 2.32. The fourth-order valence-corrected chi connectivity index (χ4v) is 3.67. The average molecular weight is 330 g/mol. The van der Waals surface area contributed by atoms with Crippen LogP contribution < -0.4 is 0 Å². The number of rotatable bonds is 4. The molecule has 0 aliphatic carbocycles. The number of hydrogen-bond acceptors (Lipinski definition) is 4. The molecule has 0 saturated carbocycles. The Labute approximate surface area is 128 Å². The quantitative estimate of drug-likeness (QED) is 0.932. The minimum Gasteiger partial charge on any atom is -0.508 e. The molecule has 0 unspecified atom stereocenters. The Balaban J connectivity index is 2.41. The van der Waals surface area contributed by atoms with Gasteiger partial charge in [-0.25, -0.2) is 13.4 Å². The molecule has 114 valence electrons. The zero-order chi connectivity index (χ0) is 15.8. The van der Waals surface area contributed by atoms with Crippen LogP contribution >= 0.6 is 11.6 Å². The Hall–Kier alpha value is -1.57. The molecule has 0 saturated heterocycles. The Kier molecular flexibility index (Phi) is 4.27. The molecular formula is C13H16ClN3O3S. The molecule has 21 heavy (non-hydrogen) atoms. The molecule has 1 heterocycles. The topological polar surface area (TPSA) is 75.4 Å². The minimum absolute atomic E-state index is 0.0409. The summed E-state index contributed by atoms with van der Waals surface area (Å²) in [5, 5.41) is 9.71. The van der Waals surface area contributed by atoms with E-state index in [9.17, 15) is 13.5 Å². The fourth-order valence-electron chi connectivity index (χ4n) is 1.95. The minimum atomic E-state index is -3.85. The summed E-state index contributed by atoms with van der Waals surface area (Å²) in [5.74, 6) is 0.0409. The number of imidazole rings is 1. The van der Waals surface area contributed by atoms with Crippen LogP contribution in [-0.2, 0) is 17.1 Å². The molecule has 6 nitrogen and oxygen atoms in total. The maximum atomic E-state index is 12.6. The Morgan fingerprint density at radius 1 is 1.38 bits per heavy atom. The lowest BCUT2D eigenvalue weighted by Gasteiger charge is -2.24. The third kappa shape index (κ3) is 2.76. The molecule has 0 aliphatic rings. The van der Waals surface area contributed by atoms with E-state index in [-0.39, 0.29) is 15.9 Å². The maximum Gasteiger partial charge on any atom is 0.263 e. The van der Waals surface area contributed by atoms with Gasteiger partial charge in [-0.05, 0) is 13.0 Å². The molecule has 0 fully saturated rings. The third-order valence-corrected chi connectivity index (χ3v) is 5.81. The zero-order valence-electron chi connectivity index (χ0n) is 11.9. The summed E-state index contributed by atoms with van der Waals surface area (Å²) in [6.07, 6.45) is 1.34. The van der Waals surface area contributed by atoms with Gasteiger partial charge in [0.25, 0.3) is 10.0 Å². The normalized spacial score (nSPS) is 13.6. The predicted molar refractivity (Wildman–Crippen MR) is 79.7 cm³/mol. The molecule has 2 aromatic rings. The first-order valence-corrected chi connectivity index (χ1v) is 8.01. The Bertz CT molecular complexity index is 758. The van der Waals surface area contributed by atoms with Crippen LogP contribution in [0.15, 0.2) is 35.6 Å². The summed E-state index contributed by atoms with van der Waals surface area (Å²) in [5.41, 5.74) is 0.510. The second-order valence-corrected chi connectivity index (χ2v) is 6.98. The van der Waals surface area contributed by atoms with Gasteiger partial charge in [0.1, 0.15) is 10.9 Å². The summed E-state index contributed by atoms with van der Waals surface area (Å²) < 4.78 is 27.7. The summed E-state index contributed by atoms with van der Waals surface area (Å²) in [4.78, 5) is 3.85. The number of halogens is 1. The van der Waals surface area contributed by atoms with Crippen LogP contribution in [0.5, 0.6) is 5.75 Å². The predicted octanol–water partition coefficient (Wildman–Crippen LogP) is 2.16. The standard InChI is InChI=1S/C13H16ClN3O3S/c1-9(10-6-4-5-7-11(10)18)17(3)21(19,20)13-12(14)16(2)8-15-13/h4-9,18H,1-3H3/t9-/m0/s1. The first-order chi connectivity index (χ1) is 9.76. The van der Waals surface area contributed by atoms with E-state index in [2.05, 4.69) is 4.98 Å². The second-order valence-electron chi connectivity index (χ2n) is 4.71. The first-order valence-electron chi connectivity index (χ1n) is 6.19. The number of aromatic nitrogens is 2. The number of nitrogens with zero attached hydrogens (tertiary/aromatic N) is 3. The van der Waals surface area contributed by atoms with Crippen molar-refractivity contribution >= 4 is 21.6 Å². The molecule has 2 rings (SSSR count). The maximum absolute atomic E-state index is 12.6. The molecule has 1 aromatic carbocycles. The Morgan fingerprint density at radius 3 is 2.52 bits per heavy atom. The summed E-state index contributed by atoms with van der Waals surface area (Å²) in [7, 11) is -0.815. The largest absolute Gasteiger partial charge is 0.508 e. The van der Waals surface area contributed by atoms with Crippen LogP contribution in [0.4, 0.5) is 0 Å². The fraction of sp³-hybridized carbons (Fsp3) is 0.308. The van der Waals surface area contributed by atoms with Crippen molar-refractivity contribution in [3.8, 4) is 5.75 Å². The van der Waals surface area contributed by atoms with Crippen molar-refractivity contribution in [1.82, 2.24) is 13.9 Å². The summed E-state index contributed by atoms with van der Waals surface area (Å²) >= 11 is 5.96. The molecule has 0 radical (unpaired) electrons. The van der Waals surface area contributed by atoms with Gasteiger partial charge in [0.2, 0.25) is 5.03 Å². The number of phenols is 1. The van der Waals surface area contributed by atoms with Gasteiger partial charge in [-0.2, -0.15) is 4.31 Å². The SMILES string of the molecule is C[C@@H](c1ccccc1O)N(C)S(=O)(=O)c1ncn(C)c1Cl. The number of aromatic hydroxyl groups is 1. The molecule has 0 spiro atoms. The number of benzene rings is 1. The number of para-hydroxylation sites is 1. The van der Waals surface area contributed by atoms with Crippen molar-refractivity contribution in [2.75, 3.05) is 7.05 Å². The molecular weight excluding hydrogens is 314 g/mol. The van der Waals surface area contributed by atoms with Crippen LogP contribution in [0.3, 0.4) is 0 Å². The lowest BCUT2D eigenvalue weighted by Crippen LogP contribution is -2.30. The van der Waals surface area contributed by atoms with Crippen molar-refractivity contribution in [2.24, 2.45) is 7.05 Å². The van der Waals surface area contributed by atoms with E-state index in [4.69, 9.17) is 11.6 Å². The molecule has 0 aliphatic heterocycles. The van der Waals surface area contributed by atoms with Gasteiger partial charge in [0.15, 0.2) is 0 Å². The average Bonchev–Trinajstić information content (AvgIpc) is 2.78. The monoisotopic (exact) mass is 329 g/mol. The molecule has 8 heteroatoms. The number of phenolic OH excluding ortho intramolecular Hbond substituents is 1. The highest BCUT2D eigenvalue weighted by molar-refractivity contribution is 7.89. The first kappa shape index (κ1) is 15.8. The van der Waals surface area contributed by atoms with E-state index >= 15 is 0 Å². The van der Waals surface area contributed by atoms with Crippen molar-refractivity contribution < 1.29 is 13.5 Å². The van der Waals surface area contributed by atoms with Crippen molar-refractivity contribution in [3.05, 3.63) is 41.3 Å². The van der Waals surface area contributed by atoms with E-state index in [1.165, 1.54) is 24.0 Å². The second kappa shape index (κ2) is 5.67. The van der Waals surface area contributed by atoms with Crippen molar-refractivity contribution in [2.45, 2.75) is 18.0 Å². The molecule has 1 aromatic heterocycles. The lowest BCUT2D eigenvalue weighted by molar-refractivity contribution is 0.380. The number of aryl methyl sites for hydroxylation is 1. The van der Waals surface area contributed by atoms with Crippen LogP contribution in [-0.4, -0.2) is 34.4 Å². The highest BCUT2D eigenvalue weighted by Gasteiger charge is 2.31. The van der Waals surface area contributed by atoms with Gasteiger partial charge in [0, 0.05) is 19.7 Å².